The summed E-state index contributed by atoms with van der Waals surface area (Å²) >= 11 is 0. The maximum atomic E-state index is 10.6. The van der Waals surface area contributed by atoms with E-state index in [0.717, 1.165) is 19.4 Å². The zero-order valence-electron chi connectivity index (χ0n) is 6.99. The fourth-order valence-electron chi connectivity index (χ4n) is 1.66. The van der Waals surface area contributed by atoms with Crippen LogP contribution in [0.2, 0.25) is 0 Å². The van der Waals surface area contributed by atoms with Crippen molar-refractivity contribution in [3.8, 4) is 6.07 Å². The maximum absolute atomic E-state index is 10.6. The standard InChI is InChI=1S/C8H13N3O/c9-3-5-11-4-1-2-7(11)6-8(10)12/h7H,1-2,4-6H2,(H2,10,12). The molecule has 0 bridgehead atoms. The van der Waals surface area contributed by atoms with Crippen LogP contribution in [0.4, 0.5) is 0 Å². The quantitative estimate of drug-likeness (QED) is 0.594. The molecule has 1 amide bonds. The van der Waals surface area contributed by atoms with Gasteiger partial charge < -0.3 is 5.73 Å². The smallest absolute Gasteiger partial charge is 0.218 e. The molecule has 1 aliphatic rings. The average Bonchev–Trinajstić information content (AvgIpc) is 2.37. The number of primary amides is 1. The molecule has 1 saturated heterocycles. The molecule has 2 N–H and O–H groups in total. The van der Waals surface area contributed by atoms with E-state index >= 15 is 0 Å². The van der Waals surface area contributed by atoms with Gasteiger partial charge in [0.05, 0.1) is 12.6 Å². The molecule has 0 aliphatic carbocycles. The molecule has 4 nitrogen and oxygen atoms in total. The van der Waals surface area contributed by atoms with Crippen LogP contribution >= 0.6 is 0 Å². The topological polar surface area (TPSA) is 70.1 Å². The Morgan fingerprint density at radius 2 is 2.50 bits per heavy atom. The van der Waals surface area contributed by atoms with Gasteiger partial charge in [0.2, 0.25) is 5.91 Å². The number of nitrogens with two attached hydrogens (primary N) is 1. The van der Waals surface area contributed by atoms with E-state index in [4.69, 9.17) is 11.0 Å². The molecule has 0 spiro atoms. The minimum Gasteiger partial charge on any atom is -0.370 e. The third kappa shape index (κ3) is 2.21. The van der Waals surface area contributed by atoms with Gasteiger partial charge in [0.25, 0.3) is 0 Å². The molecule has 1 unspecified atom stereocenters. The number of rotatable bonds is 3. The lowest BCUT2D eigenvalue weighted by Crippen LogP contribution is -2.33. The predicted molar refractivity (Wildman–Crippen MR) is 44.0 cm³/mol. The third-order valence-corrected chi connectivity index (χ3v) is 2.21. The Hall–Kier alpha value is -1.08. The van der Waals surface area contributed by atoms with Gasteiger partial charge in [-0.1, -0.05) is 0 Å². The van der Waals surface area contributed by atoms with E-state index in [-0.39, 0.29) is 11.9 Å². The number of hydrogen-bond acceptors (Lipinski definition) is 3. The summed E-state index contributed by atoms with van der Waals surface area (Å²) in [6, 6.07) is 2.30. The molecule has 0 saturated carbocycles. The summed E-state index contributed by atoms with van der Waals surface area (Å²) in [6.45, 7) is 1.34. The molecule has 12 heavy (non-hydrogen) atoms. The SMILES string of the molecule is N#CCN1CCCC1CC(N)=O. The third-order valence-electron chi connectivity index (χ3n) is 2.21. The Balaban J connectivity index is 2.41. The van der Waals surface area contributed by atoms with Crippen molar-refractivity contribution in [3.63, 3.8) is 0 Å². The molecule has 4 heteroatoms. The van der Waals surface area contributed by atoms with Crippen molar-refractivity contribution in [3.05, 3.63) is 0 Å². The second-order valence-corrected chi connectivity index (χ2v) is 3.10. The molecule has 0 radical (unpaired) electrons. The van der Waals surface area contributed by atoms with Gasteiger partial charge in [-0.05, 0) is 19.4 Å². The largest absolute Gasteiger partial charge is 0.370 e. The zero-order valence-corrected chi connectivity index (χ0v) is 6.99. The van der Waals surface area contributed by atoms with Crippen LogP contribution in [-0.4, -0.2) is 29.9 Å². The molecule has 1 aliphatic heterocycles. The molecule has 1 fully saturated rings. The minimum absolute atomic E-state index is 0.210. The molecule has 66 valence electrons. The monoisotopic (exact) mass is 167 g/mol. The second kappa shape index (κ2) is 4.07. The average molecular weight is 167 g/mol. The van der Waals surface area contributed by atoms with Crippen LogP contribution in [0.5, 0.6) is 0 Å². The highest BCUT2D eigenvalue weighted by molar-refractivity contribution is 5.74. The minimum atomic E-state index is -0.273. The molecule has 0 aromatic heterocycles. The highest BCUT2D eigenvalue weighted by Gasteiger charge is 2.25. The summed E-state index contributed by atoms with van der Waals surface area (Å²) in [7, 11) is 0. The highest BCUT2D eigenvalue weighted by Crippen LogP contribution is 2.18. The number of nitriles is 1. The van der Waals surface area contributed by atoms with E-state index in [1.54, 1.807) is 0 Å². The molecule has 1 atom stereocenters. The lowest BCUT2D eigenvalue weighted by atomic mass is 10.1. The Morgan fingerprint density at radius 1 is 1.75 bits per heavy atom. The summed E-state index contributed by atoms with van der Waals surface area (Å²) in [5, 5.41) is 8.47. The number of likely N-dealkylation sites (tertiary alicyclic amines) is 1. The summed E-state index contributed by atoms with van der Waals surface area (Å²) in [4.78, 5) is 12.6. The van der Waals surface area contributed by atoms with Gasteiger partial charge in [-0.2, -0.15) is 5.26 Å². The summed E-state index contributed by atoms with van der Waals surface area (Å²) in [5.74, 6) is -0.273. The van der Waals surface area contributed by atoms with Gasteiger partial charge in [-0.3, -0.25) is 9.69 Å². The number of hydrogen-bond donors (Lipinski definition) is 1. The molecule has 0 aromatic carbocycles. The molecular weight excluding hydrogens is 154 g/mol. The summed E-state index contributed by atoms with van der Waals surface area (Å²) < 4.78 is 0. The van der Waals surface area contributed by atoms with Crippen molar-refractivity contribution in [2.24, 2.45) is 5.73 Å². The normalized spacial score (nSPS) is 23.8. The van der Waals surface area contributed by atoms with Crippen molar-refractivity contribution in [2.45, 2.75) is 25.3 Å². The fourth-order valence-corrected chi connectivity index (χ4v) is 1.66. The molecular formula is C8H13N3O. The van der Waals surface area contributed by atoms with Crippen molar-refractivity contribution in [1.29, 1.82) is 5.26 Å². The van der Waals surface area contributed by atoms with Crippen molar-refractivity contribution in [2.75, 3.05) is 13.1 Å². The van der Waals surface area contributed by atoms with E-state index in [1.165, 1.54) is 0 Å². The van der Waals surface area contributed by atoms with Gasteiger partial charge in [-0.15, -0.1) is 0 Å². The van der Waals surface area contributed by atoms with Crippen LogP contribution in [-0.2, 0) is 4.79 Å². The first kappa shape index (κ1) is 9.01. The highest BCUT2D eigenvalue weighted by atomic mass is 16.1. The van der Waals surface area contributed by atoms with Crippen molar-refractivity contribution >= 4 is 5.91 Å². The number of nitrogens with zero attached hydrogens (tertiary/aromatic N) is 2. The van der Waals surface area contributed by atoms with E-state index in [0.29, 0.717) is 13.0 Å². The Bertz CT molecular complexity index is 209. The first-order valence-electron chi connectivity index (χ1n) is 4.13. The number of carbonyl (C=O) groups is 1. The number of carbonyl (C=O) groups excluding carboxylic acids is 1. The van der Waals surface area contributed by atoms with Crippen LogP contribution in [0.15, 0.2) is 0 Å². The van der Waals surface area contributed by atoms with Gasteiger partial charge in [0, 0.05) is 12.5 Å². The lowest BCUT2D eigenvalue weighted by Gasteiger charge is -2.19. The van der Waals surface area contributed by atoms with Crippen LogP contribution in [0.3, 0.4) is 0 Å². The lowest BCUT2D eigenvalue weighted by molar-refractivity contribution is -0.119. The van der Waals surface area contributed by atoms with Gasteiger partial charge in [-0.25, -0.2) is 0 Å². The zero-order chi connectivity index (χ0) is 8.97. The van der Waals surface area contributed by atoms with E-state index < -0.39 is 0 Å². The summed E-state index contributed by atoms with van der Waals surface area (Å²) in [6.07, 6.45) is 2.45. The van der Waals surface area contributed by atoms with Crippen LogP contribution in [0.1, 0.15) is 19.3 Å². The van der Waals surface area contributed by atoms with Gasteiger partial charge in [0.15, 0.2) is 0 Å². The Labute approximate surface area is 71.9 Å². The first-order chi connectivity index (χ1) is 5.74. The van der Waals surface area contributed by atoms with Crippen LogP contribution in [0, 0.1) is 11.3 Å². The van der Waals surface area contributed by atoms with Gasteiger partial charge >= 0.3 is 0 Å². The predicted octanol–water partition coefficient (Wildman–Crippen LogP) is -0.150. The van der Waals surface area contributed by atoms with Crippen LogP contribution in [0.25, 0.3) is 0 Å². The van der Waals surface area contributed by atoms with Crippen LogP contribution < -0.4 is 5.73 Å². The second-order valence-electron chi connectivity index (χ2n) is 3.10. The molecule has 1 heterocycles. The van der Waals surface area contributed by atoms with Crippen molar-refractivity contribution < 1.29 is 4.79 Å². The Morgan fingerprint density at radius 3 is 3.08 bits per heavy atom. The Kier molecular flexibility index (Phi) is 3.06. The number of amides is 1. The molecule has 1 rings (SSSR count). The van der Waals surface area contributed by atoms with E-state index in [9.17, 15) is 4.79 Å². The van der Waals surface area contributed by atoms with Gasteiger partial charge in [0.1, 0.15) is 0 Å². The maximum Gasteiger partial charge on any atom is 0.218 e. The van der Waals surface area contributed by atoms with E-state index in [1.807, 2.05) is 4.90 Å². The first-order valence-corrected chi connectivity index (χ1v) is 4.13. The fraction of sp³-hybridized carbons (Fsp3) is 0.750. The van der Waals surface area contributed by atoms with Crippen molar-refractivity contribution in [1.82, 2.24) is 4.90 Å². The van der Waals surface area contributed by atoms with E-state index in [2.05, 4.69) is 6.07 Å². The summed E-state index contributed by atoms with van der Waals surface area (Å²) in [5.41, 5.74) is 5.08. The molecule has 0 aromatic rings.